The zero-order valence-corrected chi connectivity index (χ0v) is 14.0. The zero-order chi connectivity index (χ0) is 17.5. The van der Waals surface area contributed by atoms with Gasteiger partial charge in [0, 0.05) is 32.4 Å². The van der Waals surface area contributed by atoms with Crippen molar-refractivity contribution in [2.45, 2.75) is 6.04 Å². The Hall–Kier alpha value is -3.08. The van der Waals surface area contributed by atoms with Crippen LogP contribution in [0.2, 0.25) is 0 Å². The third-order valence-electron chi connectivity index (χ3n) is 4.50. The van der Waals surface area contributed by atoms with Gasteiger partial charge in [-0.15, -0.1) is 0 Å². The number of rotatable bonds is 4. The van der Waals surface area contributed by atoms with E-state index in [0.717, 1.165) is 26.2 Å². The largest absolute Gasteiger partial charge is 0.373 e. The number of allylic oxidation sites excluding steroid dienone is 1. The molecule has 3 rings (SSSR count). The topological polar surface area (TPSA) is 54.1 Å². The van der Waals surface area contributed by atoms with Gasteiger partial charge in [0.2, 0.25) is 0 Å². The van der Waals surface area contributed by atoms with Crippen LogP contribution in [0.4, 0.5) is 0 Å². The maximum Gasteiger partial charge on any atom is 0.145 e. The van der Waals surface area contributed by atoms with Gasteiger partial charge in [0.15, 0.2) is 0 Å². The van der Waals surface area contributed by atoms with Crippen molar-refractivity contribution in [1.82, 2.24) is 9.80 Å². The van der Waals surface area contributed by atoms with Crippen molar-refractivity contribution in [1.29, 1.82) is 10.5 Å². The molecule has 0 radical (unpaired) electrons. The molecule has 0 N–H and O–H groups in total. The van der Waals surface area contributed by atoms with E-state index in [0.29, 0.717) is 0 Å². The Bertz CT molecular complexity index is 736. The van der Waals surface area contributed by atoms with Crippen LogP contribution in [0.1, 0.15) is 17.2 Å². The van der Waals surface area contributed by atoms with E-state index in [2.05, 4.69) is 58.3 Å². The molecule has 0 atom stereocenters. The van der Waals surface area contributed by atoms with Crippen LogP contribution in [0, 0.1) is 22.7 Å². The van der Waals surface area contributed by atoms with Gasteiger partial charge in [-0.3, -0.25) is 4.90 Å². The summed E-state index contributed by atoms with van der Waals surface area (Å²) in [6.45, 7) is 3.39. The van der Waals surface area contributed by atoms with Gasteiger partial charge in [-0.25, -0.2) is 0 Å². The standard InChI is InChI=1S/C21H20N4/c22-15-18(16-23)17-24-11-13-25(14-12-24)21(19-7-3-1-4-8-19)20-9-5-2-6-10-20/h1-10,17,21H,11-14H2. The van der Waals surface area contributed by atoms with Gasteiger partial charge in [0.05, 0.1) is 6.04 Å². The SMILES string of the molecule is N#CC(C#N)=CN1CCN(C(c2ccccc2)c2ccccc2)CC1. The highest BCUT2D eigenvalue weighted by molar-refractivity contribution is 5.35. The van der Waals surface area contributed by atoms with Crippen molar-refractivity contribution >= 4 is 0 Å². The Morgan fingerprint density at radius 2 is 1.28 bits per heavy atom. The minimum atomic E-state index is 0.163. The minimum Gasteiger partial charge on any atom is -0.373 e. The van der Waals surface area contributed by atoms with Crippen molar-refractivity contribution in [3.8, 4) is 12.1 Å². The number of hydrogen-bond donors (Lipinski definition) is 0. The number of nitriles is 2. The van der Waals surface area contributed by atoms with Crippen molar-refractivity contribution in [3.05, 3.63) is 83.6 Å². The highest BCUT2D eigenvalue weighted by atomic mass is 15.3. The van der Waals surface area contributed by atoms with Crippen molar-refractivity contribution in [3.63, 3.8) is 0 Å². The van der Waals surface area contributed by atoms with Crippen LogP contribution in [0.3, 0.4) is 0 Å². The second-order valence-corrected chi connectivity index (χ2v) is 6.06. The molecule has 0 spiro atoms. The number of piperazine rings is 1. The van der Waals surface area contributed by atoms with Gasteiger partial charge in [0.1, 0.15) is 17.7 Å². The summed E-state index contributed by atoms with van der Waals surface area (Å²) in [7, 11) is 0. The molecule has 1 heterocycles. The molecule has 1 aliphatic rings. The summed E-state index contributed by atoms with van der Waals surface area (Å²) in [5.41, 5.74) is 2.73. The number of benzene rings is 2. The molecule has 0 unspecified atom stereocenters. The van der Waals surface area contributed by atoms with Crippen molar-refractivity contribution in [2.24, 2.45) is 0 Å². The van der Waals surface area contributed by atoms with Gasteiger partial charge in [-0.1, -0.05) is 60.7 Å². The lowest BCUT2D eigenvalue weighted by molar-refractivity contribution is 0.139. The van der Waals surface area contributed by atoms with Gasteiger partial charge >= 0.3 is 0 Å². The van der Waals surface area contributed by atoms with Crippen LogP contribution in [-0.4, -0.2) is 36.0 Å². The van der Waals surface area contributed by atoms with Crippen molar-refractivity contribution in [2.75, 3.05) is 26.2 Å². The number of nitrogens with zero attached hydrogens (tertiary/aromatic N) is 4. The van der Waals surface area contributed by atoms with Crippen LogP contribution in [0.25, 0.3) is 0 Å². The molecule has 1 saturated heterocycles. The van der Waals surface area contributed by atoms with Crippen LogP contribution in [0.15, 0.2) is 72.4 Å². The molecular weight excluding hydrogens is 308 g/mol. The first kappa shape index (κ1) is 16.8. The Labute approximate surface area is 148 Å². The first-order valence-electron chi connectivity index (χ1n) is 8.42. The van der Waals surface area contributed by atoms with E-state index in [1.807, 2.05) is 24.3 Å². The summed E-state index contributed by atoms with van der Waals surface area (Å²) in [5, 5.41) is 17.8. The lowest BCUT2D eigenvalue weighted by Crippen LogP contribution is -2.46. The summed E-state index contributed by atoms with van der Waals surface area (Å²) in [6.07, 6.45) is 1.68. The molecule has 0 amide bonds. The molecule has 4 heteroatoms. The quantitative estimate of drug-likeness (QED) is 0.808. The van der Waals surface area contributed by atoms with Crippen LogP contribution in [0.5, 0.6) is 0 Å². The van der Waals surface area contributed by atoms with Gasteiger partial charge in [0.25, 0.3) is 0 Å². The summed E-state index contributed by atoms with van der Waals surface area (Å²) >= 11 is 0. The average molecular weight is 328 g/mol. The zero-order valence-electron chi connectivity index (χ0n) is 14.0. The molecule has 0 bridgehead atoms. The predicted molar refractivity (Wildman–Crippen MR) is 97.2 cm³/mol. The predicted octanol–water partition coefficient (Wildman–Crippen LogP) is 3.32. The summed E-state index contributed by atoms with van der Waals surface area (Å²) in [6, 6.07) is 25.2. The van der Waals surface area contributed by atoms with E-state index in [1.54, 1.807) is 6.20 Å². The first-order chi connectivity index (χ1) is 12.3. The van der Waals surface area contributed by atoms with Crippen molar-refractivity contribution < 1.29 is 0 Å². The fourth-order valence-corrected chi connectivity index (χ4v) is 3.27. The summed E-state index contributed by atoms with van der Waals surface area (Å²) < 4.78 is 0. The summed E-state index contributed by atoms with van der Waals surface area (Å²) in [5.74, 6) is 0. The van der Waals surface area contributed by atoms with E-state index in [-0.39, 0.29) is 11.6 Å². The third kappa shape index (κ3) is 4.07. The Kier molecular flexibility index (Phi) is 5.46. The van der Waals surface area contributed by atoms with E-state index in [4.69, 9.17) is 10.5 Å². The first-order valence-corrected chi connectivity index (χ1v) is 8.42. The molecule has 0 saturated carbocycles. The molecular formula is C21H20N4. The Balaban J connectivity index is 1.80. The smallest absolute Gasteiger partial charge is 0.145 e. The monoisotopic (exact) mass is 328 g/mol. The van der Waals surface area contributed by atoms with E-state index >= 15 is 0 Å². The fraction of sp³-hybridized carbons (Fsp3) is 0.238. The molecule has 0 aromatic heterocycles. The Morgan fingerprint density at radius 3 is 1.72 bits per heavy atom. The third-order valence-corrected chi connectivity index (χ3v) is 4.50. The van der Waals surface area contributed by atoms with Gasteiger partial charge in [-0.05, 0) is 11.1 Å². The van der Waals surface area contributed by atoms with Gasteiger partial charge < -0.3 is 4.90 Å². The van der Waals surface area contributed by atoms with E-state index in [1.165, 1.54) is 11.1 Å². The maximum absolute atomic E-state index is 8.92. The highest BCUT2D eigenvalue weighted by Crippen LogP contribution is 2.29. The normalized spacial score (nSPS) is 14.6. The summed E-state index contributed by atoms with van der Waals surface area (Å²) in [4.78, 5) is 4.53. The fourth-order valence-electron chi connectivity index (χ4n) is 3.27. The molecule has 4 nitrogen and oxygen atoms in total. The molecule has 0 aliphatic carbocycles. The number of hydrogen-bond acceptors (Lipinski definition) is 4. The van der Waals surface area contributed by atoms with Crippen LogP contribution in [-0.2, 0) is 0 Å². The maximum atomic E-state index is 8.92. The lowest BCUT2D eigenvalue weighted by atomic mass is 9.96. The second-order valence-electron chi connectivity index (χ2n) is 6.06. The molecule has 2 aromatic carbocycles. The van der Waals surface area contributed by atoms with E-state index < -0.39 is 0 Å². The molecule has 25 heavy (non-hydrogen) atoms. The van der Waals surface area contributed by atoms with Gasteiger partial charge in [-0.2, -0.15) is 10.5 Å². The van der Waals surface area contributed by atoms with E-state index in [9.17, 15) is 0 Å². The molecule has 124 valence electrons. The lowest BCUT2D eigenvalue weighted by Gasteiger charge is -2.39. The van der Waals surface area contributed by atoms with Crippen LogP contribution < -0.4 is 0 Å². The molecule has 2 aromatic rings. The average Bonchev–Trinajstić information content (AvgIpc) is 2.69. The second kappa shape index (κ2) is 8.15. The highest BCUT2D eigenvalue weighted by Gasteiger charge is 2.25. The van der Waals surface area contributed by atoms with Crippen LogP contribution >= 0.6 is 0 Å². The Morgan fingerprint density at radius 1 is 0.800 bits per heavy atom. The minimum absolute atomic E-state index is 0.163. The molecule has 1 aliphatic heterocycles. The molecule has 1 fully saturated rings.